The van der Waals surface area contributed by atoms with E-state index in [9.17, 15) is 0 Å². The lowest BCUT2D eigenvalue weighted by Gasteiger charge is -2.15. The average Bonchev–Trinajstić information content (AvgIpc) is 2.43. The fraction of sp³-hybridized carbons (Fsp3) is 0.733. The molecule has 0 amide bonds. The van der Waals surface area contributed by atoms with E-state index in [4.69, 9.17) is 10.6 Å². The van der Waals surface area contributed by atoms with E-state index in [1.54, 1.807) is 0 Å². The monoisotopic (exact) mass is 295 g/mol. The van der Waals surface area contributed by atoms with E-state index < -0.39 is 0 Å². The molecule has 0 radical (unpaired) electrons. The Morgan fingerprint density at radius 1 is 1.14 bits per heavy atom. The summed E-state index contributed by atoms with van der Waals surface area (Å²) in [6, 6.07) is 0. The molecule has 0 aliphatic rings. The SMILES string of the molecule is Cc1c(NN)nc(C(C)C)nc1NCCCOCC(C)C. The molecule has 1 rings (SSSR count). The Morgan fingerprint density at radius 2 is 1.81 bits per heavy atom. The Labute approximate surface area is 127 Å². The van der Waals surface area contributed by atoms with Gasteiger partial charge in [-0.05, 0) is 19.3 Å². The third-order valence-electron chi connectivity index (χ3n) is 3.03. The van der Waals surface area contributed by atoms with Crippen molar-refractivity contribution in [1.82, 2.24) is 9.97 Å². The van der Waals surface area contributed by atoms with Crippen LogP contribution in [0.4, 0.5) is 11.6 Å². The second-order valence-corrected chi connectivity index (χ2v) is 5.95. The van der Waals surface area contributed by atoms with Gasteiger partial charge in [-0.15, -0.1) is 0 Å². The highest BCUT2D eigenvalue weighted by Crippen LogP contribution is 2.22. The molecule has 0 aromatic carbocycles. The molecule has 1 aromatic rings. The second kappa shape index (κ2) is 8.79. The van der Waals surface area contributed by atoms with Crippen molar-refractivity contribution in [2.45, 2.75) is 47.0 Å². The summed E-state index contributed by atoms with van der Waals surface area (Å²) >= 11 is 0. The van der Waals surface area contributed by atoms with Crippen molar-refractivity contribution in [3.63, 3.8) is 0 Å². The average molecular weight is 295 g/mol. The van der Waals surface area contributed by atoms with Crippen LogP contribution >= 0.6 is 0 Å². The van der Waals surface area contributed by atoms with Crippen molar-refractivity contribution < 1.29 is 4.74 Å². The van der Waals surface area contributed by atoms with Crippen molar-refractivity contribution in [2.75, 3.05) is 30.5 Å². The minimum Gasteiger partial charge on any atom is -0.381 e. The molecule has 0 atom stereocenters. The summed E-state index contributed by atoms with van der Waals surface area (Å²) < 4.78 is 5.57. The number of aromatic nitrogens is 2. The highest BCUT2D eigenvalue weighted by Gasteiger charge is 2.12. The maximum atomic E-state index is 5.57. The van der Waals surface area contributed by atoms with Crippen LogP contribution in [0, 0.1) is 12.8 Å². The molecule has 6 nitrogen and oxygen atoms in total. The number of nitrogens with two attached hydrogens (primary N) is 1. The predicted molar refractivity (Wildman–Crippen MR) is 87.4 cm³/mol. The molecule has 0 aliphatic heterocycles. The lowest BCUT2D eigenvalue weighted by Crippen LogP contribution is -2.16. The molecule has 120 valence electrons. The molecule has 0 spiro atoms. The zero-order valence-electron chi connectivity index (χ0n) is 13.9. The maximum absolute atomic E-state index is 5.57. The normalized spacial score (nSPS) is 11.2. The number of hydrogen-bond donors (Lipinski definition) is 3. The minimum atomic E-state index is 0.257. The number of anilines is 2. The first-order valence-corrected chi connectivity index (χ1v) is 7.62. The van der Waals surface area contributed by atoms with Crippen LogP contribution in [0.2, 0.25) is 0 Å². The summed E-state index contributed by atoms with van der Waals surface area (Å²) in [6.07, 6.45) is 0.943. The van der Waals surface area contributed by atoms with Gasteiger partial charge in [0.25, 0.3) is 0 Å². The van der Waals surface area contributed by atoms with E-state index in [0.29, 0.717) is 11.7 Å². The summed E-state index contributed by atoms with van der Waals surface area (Å²) in [5.74, 6) is 8.65. The zero-order valence-corrected chi connectivity index (χ0v) is 13.9. The molecule has 0 fully saturated rings. The van der Waals surface area contributed by atoms with Crippen molar-refractivity contribution in [2.24, 2.45) is 11.8 Å². The summed E-state index contributed by atoms with van der Waals surface area (Å²) in [5, 5.41) is 3.34. The van der Waals surface area contributed by atoms with E-state index in [1.807, 2.05) is 6.92 Å². The molecule has 1 aromatic heterocycles. The molecule has 0 saturated heterocycles. The molecule has 0 unspecified atom stereocenters. The smallest absolute Gasteiger partial charge is 0.148 e. The van der Waals surface area contributed by atoms with Crippen LogP contribution < -0.4 is 16.6 Å². The third-order valence-corrected chi connectivity index (χ3v) is 3.03. The van der Waals surface area contributed by atoms with Crippen LogP contribution in [0.1, 0.15) is 51.4 Å². The molecule has 21 heavy (non-hydrogen) atoms. The van der Waals surface area contributed by atoms with Gasteiger partial charge >= 0.3 is 0 Å². The Morgan fingerprint density at radius 3 is 2.38 bits per heavy atom. The topological polar surface area (TPSA) is 85.1 Å². The number of nitrogen functional groups attached to an aromatic ring is 1. The standard InChI is InChI=1S/C15H29N5O/c1-10(2)9-21-8-6-7-17-14-12(5)15(20-16)19-13(18-14)11(3)4/h10-11H,6-9,16H2,1-5H3,(H2,17,18,19,20). The molecule has 6 heteroatoms. The highest BCUT2D eigenvalue weighted by molar-refractivity contribution is 5.56. The Kier molecular flexibility index (Phi) is 7.39. The first kappa shape index (κ1) is 17.7. The van der Waals surface area contributed by atoms with Gasteiger partial charge in [-0.3, -0.25) is 0 Å². The lowest BCUT2D eigenvalue weighted by atomic mass is 10.2. The molecule has 0 saturated carbocycles. The van der Waals surface area contributed by atoms with E-state index in [1.165, 1.54) is 0 Å². The quantitative estimate of drug-likeness (QED) is 0.369. The van der Waals surface area contributed by atoms with E-state index in [2.05, 4.69) is 48.4 Å². The van der Waals surface area contributed by atoms with E-state index in [0.717, 1.165) is 43.4 Å². The van der Waals surface area contributed by atoms with Gasteiger partial charge in [0.2, 0.25) is 0 Å². The molecule has 1 heterocycles. The largest absolute Gasteiger partial charge is 0.381 e. The predicted octanol–water partition coefficient (Wildman–Crippen LogP) is 2.67. The zero-order chi connectivity index (χ0) is 15.8. The van der Waals surface area contributed by atoms with Crippen LogP contribution in [-0.4, -0.2) is 29.7 Å². The van der Waals surface area contributed by atoms with Gasteiger partial charge in [0.05, 0.1) is 0 Å². The van der Waals surface area contributed by atoms with Gasteiger partial charge < -0.3 is 15.5 Å². The van der Waals surface area contributed by atoms with Crippen LogP contribution in [0.25, 0.3) is 0 Å². The number of hydrazine groups is 1. The van der Waals surface area contributed by atoms with Crippen LogP contribution in [0.15, 0.2) is 0 Å². The van der Waals surface area contributed by atoms with E-state index >= 15 is 0 Å². The summed E-state index contributed by atoms with van der Waals surface area (Å²) in [6.45, 7) is 12.8. The Bertz CT molecular complexity index is 434. The minimum absolute atomic E-state index is 0.257. The molecular formula is C15H29N5O. The van der Waals surface area contributed by atoms with Crippen LogP contribution in [0.5, 0.6) is 0 Å². The van der Waals surface area contributed by atoms with Crippen molar-refractivity contribution in [3.05, 3.63) is 11.4 Å². The number of rotatable bonds is 9. The third kappa shape index (κ3) is 5.85. The molecule has 0 bridgehead atoms. The van der Waals surface area contributed by atoms with E-state index in [-0.39, 0.29) is 5.92 Å². The van der Waals surface area contributed by atoms with Gasteiger partial charge in [-0.2, -0.15) is 0 Å². The maximum Gasteiger partial charge on any atom is 0.148 e. The molecular weight excluding hydrogens is 266 g/mol. The summed E-state index contributed by atoms with van der Waals surface area (Å²) in [7, 11) is 0. The molecule has 0 aliphatic carbocycles. The van der Waals surface area contributed by atoms with Crippen molar-refractivity contribution >= 4 is 11.6 Å². The summed E-state index contributed by atoms with van der Waals surface area (Å²) in [4.78, 5) is 8.98. The lowest BCUT2D eigenvalue weighted by molar-refractivity contribution is 0.110. The number of hydrogen-bond acceptors (Lipinski definition) is 6. The van der Waals surface area contributed by atoms with Gasteiger partial charge in [0.1, 0.15) is 17.5 Å². The fourth-order valence-corrected chi connectivity index (χ4v) is 1.80. The second-order valence-electron chi connectivity index (χ2n) is 5.95. The Hall–Kier alpha value is -1.40. The van der Waals surface area contributed by atoms with Gasteiger partial charge in [0, 0.05) is 31.2 Å². The number of nitrogens with one attached hydrogen (secondary N) is 2. The van der Waals surface area contributed by atoms with Crippen LogP contribution in [0.3, 0.4) is 0 Å². The number of ether oxygens (including phenoxy) is 1. The van der Waals surface area contributed by atoms with Gasteiger partial charge in [-0.1, -0.05) is 27.7 Å². The first-order chi connectivity index (χ1) is 9.95. The van der Waals surface area contributed by atoms with Crippen molar-refractivity contribution in [3.8, 4) is 0 Å². The first-order valence-electron chi connectivity index (χ1n) is 7.62. The van der Waals surface area contributed by atoms with Crippen molar-refractivity contribution in [1.29, 1.82) is 0 Å². The molecule has 4 N–H and O–H groups in total. The Balaban J connectivity index is 2.55. The number of nitrogens with zero attached hydrogens (tertiary/aromatic N) is 2. The van der Waals surface area contributed by atoms with Gasteiger partial charge in [-0.25, -0.2) is 15.8 Å². The van der Waals surface area contributed by atoms with Gasteiger partial charge in [0.15, 0.2) is 0 Å². The fourth-order valence-electron chi connectivity index (χ4n) is 1.80. The summed E-state index contributed by atoms with van der Waals surface area (Å²) in [5.41, 5.74) is 3.57. The highest BCUT2D eigenvalue weighted by atomic mass is 16.5. The van der Waals surface area contributed by atoms with Crippen LogP contribution in [-0.2, 0) is 4.74 Å².